The number of carbonyl (C=O) groups excluding carboxylic acids is 1. The molecule has 1 aromatic heterocycles. The Kier molecular flexibility index (Phi) is 9.05. The number of fused-ring (bicyclic) bond motifs is 1. The van der Waals surface area contributed by atoms with Crippen LogP contribution >= 0.6 is 24.0 Å². The Morgan fingerprint density at radius 3 is 2.70 bits per heavy atom. The minimum Gasteiger partial charge on any atom is -0.493 e. The normalized spacial score (nSPS) is 19.1. The third kappa shape index (κ3) is 6.22. The van der Waals surface area contributed by atoms with E-state index in [0.29, 0.717) is 19.7 Å². The lowest BCUT2D eigenvalue weighted by molar-refractivity contribution is -0.138. The molecule has 1 aliphatic heterocycles. The zero-order chi connectivity index (χ0) is 22.4. The molecule has 4 rings (SSSR count). The number of ether oxygens (including phenoxy) is 1. The lowest BCUT2D eigenvalue weighted by Gasteiger charge is -2.31. The quantitative estimate of drug-likeness (QED) is 0.299. The van der Waals surface area contributed by atoms with Crippen LogP contribution < -0.4 is 15.4 Å². The number of halogens is 1. The first-order chi connectivity index (χ1) is 15.6. The van der Waals surface area contributed by atoms with Gasteiger partial charge in [-0.1, -0.05) is 31.0 Å². The second-order valence-electron chi connectivity index (χ2n) is 8.98. The summed E-state index contributed by atoms with van der Waals surface area (Å²) in [5.74, 6) is 2.77. The van der Waals surface area contributed by atoms with Crippen molar-refractivity contribution in [1.82, 2.24) is 15.5 Å². The number of amides is 1. The van der Waals surface area contributed by atoms with Crippen molar-refractivity contribution in [2.24, 2.45) is 10.4 Å². The standard InChI is InChI=1S/C25H34N4O3.HI/c1-29(2)23(30)25(13-5-6-14-25)18-27-24(26-15-11-19-8-7-16-31-19)28-21-12-17-32-22-10-4-3-9-20(21)22;/h3-4,7-10,16,21H,5-6,11-15,17-18H2,1-2H3,(H2,26,27,28);1H. The molecule has 1 aliphatic carbocycles. The summed E-state index contributed by atoms with van der Waals surface area (Å²) in [5.41, 5.74) is 0.742. The van der Waals surface area contributed by atoms with Crippen LogP contribution in [0.15, 0.2) is 52.1 Å². The fraction of sp³-hybridized carbons (Fsp3) is 0.520. The molecule has 1 fully saturated rings. The number of nitrogens with one attached hydrogen (secondary N) is 2. The summed E-state index contributed by atoms with van der Waals surface area (Å²) in [6, 6.07) is 12.1. The number of hydrogen-bond acceptors (Lipinski definition) is 4. The fourth-order valence-corrected chi connectivity index (χ4v) is 4.76. The molecule has 1 aromatic carbocycles. The molecular weight excluding hydrogens is 531 g/mol. The van der Waals surface area contributed by atoms with E-state index in [2.05, 4.69) is 16.7 Å². The Morgan fingerprint density at radius 2 is 1.97 bits per heavy atom. The maximum Gasteiger partial charge on any atom is 0.230 e. The summed E-state index contributed by atoms with van der Waals surface area (Å²) in [4.78, 5) is 19.6. The summed E-state index contributed by atoms with van der Waals surface area (Å²) >= 11 is 0. The number of guanidine groups is 1. The van der Waals surface area contributed by atoms with Gasteiger partial charge in [-0.05, 0) is 31.0 Å². The Labute approximate surface area is 213 Å². The lowest BCUT2D eigenvalue weighted by Crippen LogP contribution is -2.44. The van der Waals surface area contributed by atoms with E-state index in [1.807, 2.05) is 44.4 Å². The minimum absolute atomic E-state index is 0. The molecule has 1 saturated carbocycles. The van der Waals surface area contributed by atoms with E-state index in [1.54, 1.807) is 11.2 Å². The van der Waals surface area contributed by atoms with Gasteiger partial charge in [-0.25, -0.2) is 0 Å². The highest BCUT2D eigenvalue weighted by atomic mass is 127. The van der Waals surface area contributed by atoms with Gasteiger partial charge in [0.1, 0.15) is 11.5 Å². The van der Waals surface area contributed by atoms with Crippen molar-refractivity contribution in [3.8, 4) is 5.75 Å². The van der Waals surface area contributed by atoms with Crippen LogP contribution in [0.25, 0.3) is 0 Å². The SMILES string of the molecule is CN(C)C(=O)C1(CN=C(NCCc2ccco2)NC2CCOc3ccccc32)CCCC1.I. The van der Waals surface area contributed by atoms with Crippen LogP contribution in [-0.4, -0.2) is 50.6 Å². The molecule has 0 bridgehead atoms. The van der Waals surface area contributed by atoms with Crippen LogP contribution in [-0.2, 0) is 11.2 Å². The number of aliphatic imine (C=N–C) groups is 1. The number of carbonyl (C=O) groups is 1. The first-order valence-electron chi connectivity index (χ1n) is 11.6. The third-order valence-electron chi connectivity index (χ3n) is 6.47. The predicted molar refractivity (Wildman–Crippen MR) is 140 cm³/mol. The highest BCUT2D eigenvalue weighted by Crippen LogP contribution is 2.40. The van der Waals surface area contributed by atoms with Crippen LogP contribution in [0.2, 0.25) is 0 Å². The molecule has 180 valence electrons. The van der Waals surface area contributed by atoms with Gasteiger partial charge in [0, 0.05) is 39.0 Å². The second kappa shape index (κ2) is 11.8. The highest BCUT2D eigenvalue weighted by Gasteiger charge is 2.42. The summed E-state index contributed by atoms with van der Waals surface area (Å²) in [6.07, 6.45) is 7.27. The zero-order valence-electron chi connectivity index (χ0n) is 19.5. The molecule has 0 saturated heterocycles. The molecule has 1 atom stereocenters. The molecule has 2 aliphatic rings. The van der Waals surface area contributed by atoms with E-state index in [9.17, 15) is 4.79 Å². The van der Waals surface area contributed by atoms with Crippen molar-refractivity contribution in [2.75, 3.05) is 33.8 Å². The molecule has 2 N–H and O–H groups in total. The largest absolute Gasteiger partial charge is 0.493 e. The minimum atomic E-state index is -0.396. The van der Waals surface area contributed by atoms with Crippen LogP contribution in [0, 0.1) is 5.41 Å². The molecular formula is C25H35IN4O3. The van der Waals surface area contributed by atoms with Crippen molar-refractivity contribution >= 4 is 35.8 Å². The number of rotatable bonds is 7. The topological polar surface area (TPSA) is 79.1 Å². The van der Waals surface area contributed by atoms with Gasteiger partial charge in [0.25, 0.3) is 0 Å². The fourth-order valence-electron chi connectivity index (χ4n) is 4.76. The van der Waals surface area contributed by atoms with E-state index in [4.69, 9.17) is 14.1 Å². The van der Waals surface area contributed by atoms with Crippen LogP contribution in [0.4, 0.5) is 0 Å². The third-order valence-corrected chi connectivity index (χ3v) is 6.47. The number of hydrogen-bond donors (Lipinski definition) is 2. The van der Waals surface area contributed by atoms with Gasteiger partial charge < -0.3 is 24.7 Å². The van der Waals surface area contributed by atoms with E-state index < -0.39 is 5.41 Å². The smallest absolute Gasteiger partial charge is 0.230 e. The monoisotopic (exact) mass is 566 g/mol. The zero-order valence-corrected chi connectivity index (χ0v) is 21.8. The summed E-state index contributed by atoms with van der Waals surface area (Å²) in [5, 5.41) is 7.06. The number of nitrogens with zero attached hydrogens (tertiary/aromatic N) is 2. The molecule has 1 amide bonds. The molecule has 0 spiro atoms. The van der Waals surface area contributed by atoms with Crippen molar-refractivity contribution in [2.45, 2.75) is 44.6 Å². The molecule has 1 unspecified atom stereocenters. The Hall–Kier alpha value is -2.23. The van der Waals surface area contributed by atoms with Gasteiger partial charge in [-0.3, -0.25) is 9.79 Å². The van der Waals surface area contributed by atoms with Crippen molar-refractivity contribution in [3.05, 3.63) is 54.0 Å². The van der Waals surface area contributed by atoms with Gasteiger partial charge >= 0.3 is 0 Å². The molecule has 2 heterocycles. The van der Waals surface area contributed by atoms with E-state index in [-0.39, 0.29) is 35.9 Å². The average molecular weight is 566 g/mol. The van der Waals surface area contributed by atoms with Crippen LogP contribution in [0.5, 0.6) is 5.75 Å². The van der Waals surface area contributed by atoms with Gasteiger partial charge in [0.05, 0.1) is 30.9 Å². The number of furan rings is 1. The molecule has 33 heavy (non-hydrogen) atoms. The first kappa shape index (κ1) is 25.4. The average Bonchev–Trinajstić information content (AvgIpc) is 3.50. The number of para-hydroxylation sites is 1. The Balaban J connectivity index is 0.00000306. The Bertz CT molecular complexity index is 923. The molecule has 0 radical (unpaired) electrons. The molecule has 8 heteroatoms. The Morgan fingerprint density at radius 1 is 1.18 bits per heavy atom. The van der Waals surface area contributed by atoms with Crippen molar-refractivity contribution in [3.63, 3.8) is 0 Å². The van der Waals surface area contributed by atoms with E-state index in [0.717, 1.165) is 61.6 Å². The highest BCUT2D eigenvalue weighted by molar-refractivity contribution is 14.0. The summed E-state index contributed by atoms with van der Waals surface area (Å²) < 4.78 is 11.3. The molecule has 7 nitrogen and oxygen atoms in total. The van der Waals surface area contributed by atoms with Crippen molar-refractivity contribution < 1.29 is 13.9 Å². The second-order valence-corrected chi connectivity index (χ2v) is 8.98. The van der Waals surface area contributed by atoms with Crippen LogP contribution in [0.1, 0.15) is 49.5 Å². The number of benzene rings is 1. The maximum absolute atomic E-state index is 13.0. The van der Waals surface area contributed by atoms with Crippen LogP contribution in [0.3, 0.4) is 0 Å². The molecule has 2 aromatic rings. The van der Waals surface area contributed by atoms with Crippen molar-refractivity contribution in [1.29, 1.82) is 0 Å². The van der Waals surface area contributed by atoms with Gasteiger partial charge in [0.2, 0.25) is 5.91 Å². The summed E-state index contributed by atoms with van der Waals surface area (Å²) in [7, 11) is 3.68. The predicted octanol–water partition coefficient (Wildman–Crippen LogP) is 4.15. The lowest BCUT2D eigenvalue weighted by atomic mass is 9.85. The summed E-state index contributed by atoms with van der Waals surface area (Å²) in [6.45, 7) is 1.85. The van der Waals surface area contributed by atoms with Gasteiger partial charge in [-0.15, -0.1) is 24.0 Å². The maximum atomic E-state index is 13.0. The van der Waals surface area contributed by atoms with Gasteiger partial charge in [-0.2, -0.15) is 0 Å². The van der Waals surface area contributed by atoms with Gasteiger partial charge in [0.15, 0.2) is 5.96 Å². The first-order valence-corrected chi connectivity index (χ1v) is 11.6. The van der Waals surface area contributed by atoms with E-state index in [1.165, 1.54) is 0 Å². The van der Waals surface area contributed by atoms with E-state index >= 15 is 0 Å².